The summed E-state index contributed by atoms with van der Waals surface area (Å²) in [5, 5.41) is 0.960. The maximum atomic E-state index is 12.8. The minimum Gasteiger partial charge on any atom is -0.497 e. The highest BCUT2D eigenvalue weighted by Crippen LogP contribution is 2.51. The number of hydrogen-bond acceptors (Lipinski definition) is 4. The third kappa shape index (κ3) is 4.13. The maximum absolute atomic E-state index is 12.8. The van der Waals surface area contributed by atoms with Crippen molar-refractivity contribution in [3.8, 4) is 0 Å². The van der Waals surface area contributed by atoms with Gasteiger partial charge in [0.2, 0.25) is 5.43 Å². The van der Waals surface area contributed by atoms with Gasteiger partial charge in [0.15, 0.2) is 5.78 Å². The zero-order chi connectivity index (χ0) is 23.8. The van der Waals surface area contributed by atoms with E-state index in [1.54, 1.807) is 24.3 Å². The molecule has 1 heterocycles. The van der Waals surface area contributed by atoms with Crippen molar-refractivity contribution in [1.29, 1.82) is 0 Å². The zero-order valence-corrected chi connectivity index (χ0v) is 19.9. The number of hydrogen-bond donors (Lipinski definition) is 0. The van der Waals surface area contributed by atoms with Crippen LogP contribution in [0, 0.1) is 5.92 Å². The van der Waals surface area contributed by atoms with Crippen LogP contribution in [0.5, 0.6) is 0 Å². The molecular formula is C30H30O4. The number of benzene rings is 1. The number of ketones is 1. The number of allylic oxidation sites excluding steroid dienone is 5. The molecule has 2 aromatic rings. The van der Waals surface area contributed by atoms with E-state index >= 15 is 0 Å². The largest absolute Gasteiger partial charge is 0.497 e. The van der Waals surface area contributed by atoms with Crippen LogP contribution >= 0.6 is 0 Å². The van der Waals surface area contributed by atoms with Gasteiger partial charge in [-0.3, -0.25) is 9.59 Å². The molecule has 0 amide bonds. The van der Waals surface area contributed by atoms with Crippen molar-refractivity contribution in [1.82, 2.24) is 0 Å². The molecule has 34 heavy (non-hydrogen) atoms. The normalized spacial score (nSPS) is 19.1. The van der Waals surface area contributed by atoms with Crippen LogP contribution in [0.1, 0.15) is 57.1 Å². The molecule has 4 bridgehead atoms. The third-order valence-corrected chi connectivity index (χ3v) is 7.33. The van der Waals surface area contributed by atoms with Crippen molar-refractivity contribution < 1.29 is 13.9 Å². The van der Waals surface area contributed by atoms with Crippen molar-refractivity contribution in [2.24, 2.45) is 5.92 Å². The van der Waals surface area contributed by atoms with Crippen molar-refractivity contribution in [3.63, 3.8) is 0 Å². The second-order valence-corrected chi connectivity index (χ2v) is 9.49. The molecule has 0 spiro atoms. The zero-order valence-electron chi connectivity index (χ0n) is 19.9. The molecule has 2 saturated carbocycles. The molecule has 4 aliphatic carbocycles. The van der Waals surface area contributed by atoms with Crippen molar-refractivity contribution in [2.45, 2.75) is 52.4 Å². The fourth-order valence-electron chi connectivity index (χ4n) is 5.64. The highest BCUT2D eigenvalue weighted by atomic mass is 16.5. The highest BCUT2D eigenvalue weighted by molar-refractivity contribution is 6.03. The molecule has 0 atom stereocenters. The van der Waals surface area contributed by atoms with Gasteiger partial charge in [-0.05, 0) is 80.7 Å². The van der Waals surface area contributed by atoms with E-state index in [2.05, 4.69) is 13.5 Å². The lowest BCUT2D eigenvalue weighted by molar-refractivity contribution is -0.111. The van der Waals surface area contributed by atoms with E-state index in [0.29, 0.717) is 22.8 Å². The fourth-order valence-corrected chi connectivity index (χ4v) is 5.64. The monoisotopic (exact) mass is 454 g/mol. The Morgan fingerprint density at radius 1 is 1.15 bits per heavy atom. The van der Waals surface area contributed by atoms with E-state index in [4.69, 9.17) is 9.15 Å². The first kappa shape index (κ1) is 22.4. The summed E-state index contributed by atoms with van der Waals surface area (Å²) in [4.78, 5) is 24.2. The molecule has 1 aromatic carbocycles. The van der Waals surface area contributed by atoms with Crippen LogP contribution in [0.15, 0.2) is 68.6 Å². The first-order valence-corrected chi connectivity index (χ1v) is 12.1. The molecule has 1 aromatic heterocycles. The maximum Gasteiger partial charge on any atom is 0.200 e. The number of carbonyl (C=O) groups is 1. The van der Waals surface area contributed by atoms with Crippen molar-refractivity contribution in [2.75, 3.05) is 6.61 Å². The van der Waals surface area contributed by atoms with Gasteiger partial charge < -0.3 is 9.15 Å². The molecular weight excluding hydrogens is 424 g/mol. The molecule has 6 rings (SSSR count). The minimum absolute atomic E-state index is 0.124. The van der Waals surface area contributed by atoms with Crippen molar-refractivity contribution in [3.05, 3.63) is 91.4 Å². The Bertz CT molecular complexity index is 1450. The topological polar surface area (TPSA) is 56.5 Å². The highest BCUT2D eigenvalue weighted by Gasteiger charge is 2.34. The summed E-state index contributed by atoms with van der Waals surface area (Å²) in [6, 6.07) is 3.73. The lowest BCUT2D eigenvalue weighted by atomic mass is 9.89. The molecule has 4 heteroatoms. The van der Waals surface area contributed by atoms with Gasteiger partial charge in [-0.25, -0.2) is 0 Å². The third-order valence-electron chi connectivity index (χ3n) is 7.33. The Hall–Kier alpha value is -3.40. The molecule has 0 saturated heterocycles. The van der Waals surface area contributed by atoms with E-state index in [-0.39, 0.29) is 16.6 Å². The molecule has 0 N–H and O–H groups in total. The molecule has 4 aliphatic rings. The first-order chi connectivity index (χ1) is 16.5. The SMILES string of the molecule is C=CCO\C=C/C=c1/c(=O)c2c3c(ccc2o/c1=C\C(C)=O)C3.CC1C2=C3CCC(=C1CC2)C3. The minimum atomic E-state index is -0.180. The van der Waals surface area contributed by atoms with Gasteiger partial charge in [0.05, 0.1) is 16.9 Å². The number of rotatable bonds is 5. The molecule has 0 radical (unpaired) electrons. The summed E-state index contributed by atoms with van der Waals surface area (Å²) in [5.41, 5.74) is 10.1. The Kier molecular flexibility index (Phi) is 5.99. The van der Waals surface area contributed by atoms with Gasteiger partial charge in [0, 0.05) is 6.08 Å². The summed E-state index contributed by atoms with van der Waals surface area (Å²) >= 11 is 0. The number of Topliss-reactive ketones (excluding diaryl/α,β-unsaturated/α-hetero) is 1. The second-order valence-electron chi connectivity index (χ2n) is 9.49. The van der Waals surface area contributed by atoms with Gasteiger partial charge in [-0.15, -0.1) is 0 Å². The second kappa shape index (κ2) is 9.09. The van der Waals surface area contributed by atoms with E-state index < -0.39 is 0 Å². The number of fused-ring (bicyclic) bond motifs is 7. The standard InChI is InChI=1S/C19H16O4.C11H14/c1-3-8-22-9-4-5-14-17(10-12(2)20)23-16-7-6-13-11-15(13)18(16)19(14)21;1-7-10-4-5-11(7)9-3-2-8(10)6-9/h3-7,9-10H,1,8,11H2,2H3;7H,2-6H2,1H3/b9-4-,14-5+,17-10-;. The summed E-state index contributed by atoms with van der Waals surface area (Å²) < 4.78 is 10.9. The first-order valence-electron chi connectivity index (χ1n) is 12.1. The van der Waals surface area contributed by atoms with Gasteiger partial charge in [0.1, 0.15) is 17.6 Å². The summed E-state index contributed by atoms with van der Waals surface area (Å²) in [5.74, 6) is 0.678. The summed E-state index contributed by atoms with van der Waals surface area (Å²) in [6.45, 7) is 7.76. The van der Waals surface area contributed by atoms with Crippen LogP contribution in [-0.2, 0) is 16.0 Å². The fraction of sp³-hybridized carbons (Fsp3) is 0.333. The predicted octanol–water partition coefficient (Wildman–Crippen LogP) is 4.77. The van der Waals surface area contributed by atoms with Gasteiger partial charge in [-0.2, -0.15) is 0 Å². The average molecular weight is 455 g/mol. The van der Waals surface area contributed by atoms with E-state index in [0.717, 1.165) is 17.9 Å². The van der Waals surface area contributed by atoms with Gasteiger partial charge >= 0.3 is 0 Å². The van der Waals surface area contributed by atoms with E-state index in [1.807, 2.05) is 28.4 Å². The lowest BCUT2D eigenvalue weighted by Gasteiger charge is -2.16. The molecule has 4 nitrogen and oxygen atoms in total. The predicted molar refractivity (Wildman–Crippen MR) is 136 cm³/mol. The lowest BCUT2D eigenvalue weighted by Crippen LogP contribution is -2.39. The van der Waals surface area contributed by atoms with Crippen LogP contribution in [0.4, 0.5) is 0 Å². The Morgan fingerprint density at radius 2 is 1.88 bits per heavy atom. The van der Waals surface area contributed by atoms with Gasteiger partial charge in [-0.1, -0.05) is 47.9 Å². The van der Waals surface area contributed by atoms with Crippen LogP contribution in [0.25, 0.3) is 23.1 Å². The molecule has 174 valence electrons. The van der Waals surface area contributed by atoms with Crippen LogP contribution in [-0.4, -0.2) is 12.4 Å². The van der Waals surface area contributed by atoms with Crippen LogP contribution in [0.2, 0.25) is 0 Å². The van der Waals surface area contributed by atoms with E-state index in [9.17, 15) is 9.59 Å². The van der Waals surface area contributed by atoms with Crippen molar-refractivity contribution >= 4 is 28.9 Å². The number of carbonyl (C=O) groups excluding carboxylic acids is 1. The molecule has 0 aliphatic heterocycles. The van der Waals surface area contributed by atoms with Gasteiger partial charge in [0.25, 0.3) is 0 Å². The smallest absolute Gasteiger partial charge is 0.200 e. The van der Waals surface area contributed by atoms with Crippen LogP contribution < -0.4 is 16.1 Å². The summed E-state index contributed by atoms with van der Waals surface area (Å²) in [7, 11) is 0. The number of ether oxygens (including phenoxy) is 1. The summed E-state index contributed by atoms with van der Waals surface area (Å²) in [6.07, 6.45) is 15.4. The Labute approximate surface area is 199 Å². The van der Waals surface area contributed by atoms with E-state index in [1.165, 1.54) is 56.9 Å². The Balaban J connectivity index is 0.000000180. The molecule has 0 unspecified atom stereocenters. The quantitative estimate of drug-likeness (QED) is 0.317. The van der Waals surface area contributed by atoms with Crippen LogP contribution in [0.3, 0.4) is 0 Å². The Morgan fingerprint density at radius 3 is 2.56 bits per heavy atom. The molecule has 2 fully saturated rings. The average Bonchev–Trinajstić information content (AvgIpc) is 3.37.